The van der Waals surface area contributed by atoms with E-state index in [9.17, 15) is 4.79 Å². The van der Waals surface area contributed by atoms with Gasteiger partial charge in [-0.1, -0.05) is 0 Å². The molecule has 0 atom stereocenters. The Kier molecular flexibility index (Phi) is 2.50. The molecular weight excluding hydrogens is 248 g/mol. The molecular formula is C9H9BrN2O2. The van der Waals surface area contributed by atoms with Crippen molar-refractivity contribution in [3.8, 4) is 0 Å². The smallest absolute Gasteiger partial charge is 0.355 e. The molecule has 0 aromatic carbocycles. The summed E-state index contributed by atoms with van der Waals surface area (Å²) in [5, 5.41) is 8.82. The summed E-state index contributed by atoms with van der Waals surface area (Å²) in [5.74, 6) is 0.280. The van der Waals surface area contributed by atoms with Crippen LogP contribution in [0.4, 0.5) is 0 Å². The van der Waals surface area contributed by atoms with E-state index >= 15 is 0 Å². The monoisotopic (exact) mass is 256 g/mol. The predicted octanol–water partition coefficient (Wildman–Crippen LogP) is 1.89. The van der Waals surface area contributed by atoms with Crippen LogP contribution in [-0.4, -0.2) is 21.0 Å². The number of carbonyl (C=O) groups is 1. The minimum absolute atomic E-state index is 0.0515. The van der Waals surface area contributed by atoms with Gasteiger partial charge in [0.2, 0.25) is 0 Å². The lowest BCUT2D eigenvalue weighted by Gasteiger charge is -2.01. The first kappa shape index (κ1) is 9.58. The Labute approximate surface area is 89.5 Å². The maximum absolute atomic E-state index is 10.8. The van der Waals surface area contributed by atoms with E-state index in [1.165, 1.54) is 19.0 Å². The van der Waals surface area contributed by atoms with Gasteiger partial charge in [-0.15, -0.1) is 0 Å². The van der Waals surface area contributed by atoms with Crippen LogP contribution < -0.4 is 0 Å². The van der Waals surface area contributed by atoms with Gasteiger partial charge in [-0.3, -0.25) is 0 Å². The lowest BCUT2D eigenvalue weighted by atomic mass is 10.2. The summed E-state index contributed by atoms with van der Waals surface area (Å²) in [6.45, 7) is 0. The Bertz CT molecular complexity index is 377. The quantitative estimate of drug-likeness (QED) is 0.898. The average molecular weight is 257 g/mol. The van der Waals surface area contributed by atoms with E-state index in [0.29, 0.717) is 16.2 Å². The van der Waals surface area contributed by atoms with E-state index in [4.69, 9.17) is 5.11 Å². The topological polar surface area (TPSA) is 63.1 Å². The summed E-state index contributed by atoms with van der Waals surface area (Å²) < 4.78 is 0.435. The molecule has 0 unspecified atom stereocenters. The van der Waals surface area contributed by atoms with Crippen molar-refractivity contribution in [3.63, 3.8) is 0 Å². The minimum atomic E-state index is -1.02. The first-order valence-corrected chi connectivity index (χ1v) is 5.21. The highest BCUT2D eigenvalue weighted by atomic mass is 79.9. The summed E-state index contributed by atoms with van der Waals surface area (Å²) >= 11 is 3.11. The number of rotatable bonds is 3. The molecule has 0 amide bonds. The fourth-order valence-electron chi connectivity index (χ4n) is 1.23. The number of hydrogen-bond acceptors (Lipinski definition) is 3. The van der Waals surface area contributed by atoms with Crippen LogP contribution in [-0.2, 0) is 6.42 Å². The van der Waals surface area contributed by atoms with Crippen molar-refractivity contribution in [2.75, 3.05) is 0 Å². The van der Waals surface area contributed by atoms with Gasteiger partial charge in [0.1, 0.15) is 5.82 Å². The second-order valence-electron chi connectivity index (χ2n) is 3.44. The maximum atomic E-state index is 10.8. The second kappa shape index (κ2) is 3.65. The minimum Gasteiger partial charge on any atom is -0.476 e. The number of carboxylic acids is 1. The van der Waals surface area contributed by atoms with Gasteiger partial charge in [0.15, 0.2) is 5.69 Å². The zero-order valence-corrected chi connectivity index (χ0v) is 8.99. The van der Waals surface area contributed by atoms with Crippen molar-refractivity contribution in [2.24, 2.45) is 5.92 Å². The Hall–Kier alpha value is -0.970. The van der Waals surface area contributed by atoms with Gasteiger partial charge in [-0.05, 0) is 34.7 Å². The van der Waals surface area contributed by atoms with Crippen LogP contribution in [0.1, 0.15) is 29.2 Å². The summed E-state index contributed by atoms with van der Waals surface area (Å²) in [5.41, 5.74) is 0.0515. The van der Waals surface area contributed by atoms with Crippen LogP contribution in [0.3, 0.4) is 0 Å². The van der Waals surface area contributed by atoms with Gasteiger partial charge in [0.25, 0.3) is 0 Å². The zero-order chi connectivity index (χ0) is 10.1. The van der Waals surface area contributed by atoms with Gasteiger partial charge in [-0.25, -0.2) is 14.8 Å². The van der Waals surface area contributed by atoms with E-state index in [1.54, 1.807) is 0 Å². The number of aromatic carboxylic acids is 1. The largest absolute Gasteiger partial charge is 0.476 e. The number of halogens is 1. The van der Waals surface area contributed by atoms with Crippen LogP contribution in [0.2, 0.25) is 0 Å². The first-order chi connectivity index (χ1) is 6.66. The van der Waals surface area contributed by atoms with Crippen molar-refractivity contribution in [1.82, 2.24) is 9.97 Å². The van der Waals surface area contributed by atoms with Gasteiger partial charge in [0, 0.05) is 12.6 Å². The Morgan fingerprint density at radius 1 is 1.64 bits per heavy atom. The molecule has 0 radical (unpaired) electrons. The average Bonchev–Trinajstić information content (AvgIpc) is 2.92. The third-order valence-electron chi connectivity index (χ3n) is 2.16. The van der Waals surface area contributed by atoms with E-state index in [0.717, 1.165) is 6.42 Å². The predicted molar refractivity (Wildman–Crippen MR) is 53.1 cm³/mol. The van der Waals surface area contributed by atoms with Gasteiger partial charge < -0.3 is 5.11 Å². The van der Waals surface area contributed by atoms with Crippen LogP contribution in [0, 0.1) is 5.92 Å². The Balaban J connectivity index is 2.24. The van der Waals surface area contributed by atoms with E-state index in [-0.39, 0.29) is 5.69 Å². The molecule has 1 fully saturated rings. The van der Waals surface area contributed by atoms with E-state index < -0.39 is 5.97 Å². The number of nitrogens with zero attached hydrogens (tertiary/aromatic N) is 2. The third-order valence-corrected chi connectivity index (χ3v) is 2.75. The number of carboxylic acid groups (broad SMARTS) is 1. The Morgan fingerprint density at radius 2 is 2.36 bits per heavy atom. The van der Waals surface area contributed by atoms with Crippen molar-refractivity contribution in [3.05, 3.63) is 22.2 Å². The molecule has 1 saturated carbocycles. The van der Waals surface area contributed by atoms with E-state index in [2.05, 4.69) is 25.9 Å². The highest BCUT2D eigenvalue weighted by Crippen LogP contribution is 2.31. The van der Waals surface area contributed by atoms with Gasteiger partial charge in [0.05, 0.1) is 4.47 Å². The molecule has 1 heterocycles. The molecule has 0 bridgehead atoms. The zero-order valence-electron chi connectivity index (χ0n) is 7.40. The molecule has 14 heavy (non-hydrogen) atoms. The highest BCUT2D eigenvalue weighted by molar-refractivity contribution is 9.10. The van der Waals surface area contributed by atoms with Gasteiger partial charge >= 0.3 is 5.97 Å². The summed E-state index contributed by atoms with van der Waals surface area (Å²) in [4.78, 5) is 18.8. The molecule has 5 heteroatoms. The SMILES string of the molecule is O=C(O)c1nc(CC2CC2)ncc1Br. The van der Waals surface area contributed by atoms with Crippen molar-refractivity contribution in [1.29, 1.82) is 0 Å². The molecule has 0 aliphatic heterocycles. The molecule has 74 valence electrons. The molecule has 2 rings (SSSR count). The van der Waals surface area contributed by atoms with Crippen LogP contribution >= 0.6 is 15.9 Å². The van der Waals surface area contributed by atoms with Crippen LogP contribution in [0.25, 0.3) is 0 Å². The molecule has 0 saturated heterocycles. The van der Waals surface area contributed by atoms with Crippen molar-refractivity contribution < 1.29 is 9.90 Å². The van der Waals surface area contributed by atoms with Gasteiger partial charge in [-0.2, -0.15) is 0 Å². The molecule has 1 aromatic heterocycles. The second-order valence-corrected chi connectivity index (χ2v) is 4.29. The van der Waals surface area contributed by atoms with Crippen LogP contribution in [0.5, 0.6) is 0 Å². The lowest BCUT2D eigenvalue weighted by Crippen LogP contribution is -2.06. The number of hydrogen-bond donors (Lipinski definition) is 1. The fraction of sp³-hybridized carbons (Fsp3) is 0.444. The third kappa shape index (κ3) is 2.09. The Morgan fingerprint density at radius 3 is 2.93 bits per heavy atom. The molecule has 1 aliphatic carbocycles. The fourth-order valence-corrected chi connectivity index (χ4v) is 1.59. The molecule has 1 aliphatic rings. The summed E-state index contributed by atoms with van der Waals surface area (Å²) in [7, 11) is 0. The maximum Gasteiger partial charge on any atom is 0.355 e. The molecule has 1 N–H and O–H groups in total. The lowest BCUT2D eigenvalue weighted by molar-refractivity contribution is 0.0688. The van der Waals surface area contributed by atoms with Crippen LogP contribution in [0.15, 0.2) is 10.7 Å². The number of aromatic nitrogens is 2. The molecule has 0 spiro atoms. The first-order valence-electron chi connectivity index (χ1n) is 4.41. The van der Waals surface area contributed by atoms with Crippen molar-refractivity contribution >= 4 is 21.9 Å². The van der Waals surface area contributed by atoms with Crippen molar-refractivity contribution in [2.45, 2.75) is 19.3 Å². The summed E-state index contributed by atoms with van der Waals surface area (Å²) in [6, 6.07) is 0. The molecule has 4 nitrogen and oxygen atoms in total. The standard InChI is InChI=1S/C9H9BrN2O2/c10-6-4-11-7(3-5-1-2-5)12-8(6)9(13)14/h4-5H,1-3H2,(H,13,14). The van der Waals surface area contributed by atoms with E-state index in [1.807, 2.05) is 0 Å². The normalized spacial score (nSPS) is 15.5. The molecule has 1 aromatic rings. The highest BCUT2D eigenvalue weighted by Gasteiger charge is 2.23. The summed E-state index contributed by atoms with van der Waals surface area (Å²) in [6.07, 6.45) is 4.73.